The smallest absolute Gasteiger partial charge is 0.0622 e. The molecule has 0 saturated carbocycles. The van der Waals surface area contributed by atoms with Crippen molar-refractivity contribution in [3.63, 3.8) is 0 Å². The standard InChI is InChI=1S/C10H8/c1-2-5-9-7-4-8-10(9)6-3-1/h1-8H/i1D. The molecule has 2 aliphatic carbocycles. The fourth-order valence-corrected chi connectivity index (χ4v) is 1.08. The molecule has 0 aromatic heterocycles. The average molecular weight is 129 g/mol. The topological polar surface area (TPSA) is 0 Å². The molecule has 0 nitrogen and oxygen atoms in total. The van der Waals surface area contributed by atoms with Gasteiger partial charge in [0.2, 0.25) is 0 Å². The lowest BCUT2D eigenvalue weighted by Crippen LogP contribution is -1.59. The Balaban J connectivity index is 2.71. The Hall–Kier alpha value is -1.30. The highest BCUT2D eigenvalue weighted by atomic mass is 14.0. The minimum atomic E-state index is 0.557. The summed E-state index contributed by atoms with van der Waals surface area (Å²) in [5.74, 6) is 0. The zero-order valence-corrected chi connectivity index (χ0v) is 5.54. The van der Waals surface area contributed by atoms with Crippen LogP contribution in [0, 0.1) is 0 Å². The second-order valence-corrected chi connectivity index (χ2v) is 2.27. The van der Waals surface area contributed by atoms with E-state index in [1.54, 1.807) is 0 Å². The predicted molar refractivity (Wildman–Crippen MR) is 43.1 cm³/mol. The van der Waals surface area contributed by atoms with Gasteiger partial charge in [-0.3, -0.25) is 0 Å². The predicted octanol–water partition coefficient (Wildman–Crippen LogP) is 2.79. The van der Waals surface area contributed by atoms with Gasteiger partial charge in [-0.15, -0.1) is 0 Å². The molecular formula is C10H8. The molecule has 0 bridgehead atoms. The van der Waals surface area contributed by atoms with Crippen molar-refractivity contribution in [3.05, 3.63) is 48.5 Å². The molecule has 0 unspecified atom stereocenters. The third-order valence-electron chi connectivity index (χ3n) is 1.60. The van der Waals surface area contributed by atoms with Gasteiger partial charge in [0.15, 0.2) is 0 Å². The van der Waals surface area contributed by atoms with Crippen molar-refractivity contribution in [3.8, 4) is 11.1 Å². The van der Waals surface area contributed by atoms with Gasteiger partial charge in [0.05, 0.1) is 1.37 Å². The van der Waals surface area contributed by atoms with Crippen LogP contribution in [0.2, 0.25) is 0 Å². The van der Waals surface area contributed by atoms with Gasteiger partial charge in [0.1, 0.15) is 0 Å². The van der Waals surface area contributed by atoms with Crippen LogP contribution in [0.3, 0.4) is 0 Å². The first-order chi connectivity index (χ1) is 5.36. The molecule has 0 spiro atoms. The van der Waals surface area contributed by atoms with Crippen molar-refractivity contribution in [2.45, 2.75) is 0 Å². The van der Waals surface area contributed by atoms with Crippen molar-refractivity contribution in [2.75, 3.05) is 0 Å². The Kier molecular flexibility index (Phi) is 0.966. The summed E-state index contributed by atoms with van der Waals surface area (Å²) in [7, 11) is 0. The Morgan fingerprint density at radius 1 is 0.800 bits per heavy atom. The van der Waals surface area contributed by atoms with Gasteiger partial charge in [-0.2, -0.15) is 0 Å². The maximum atomic E-state index is 7.37. The quantitative estimate of drug-likeness (QED) is 0.513. The van der Waals surface area contributed by atoms with Crippen LogP contribution in [-0.4, -0.2) is 0 Å². The van der Waals surface area contributed by atoms with Crippen LogP contribution in [-0.2, 0) is 0 Å². The fourth-order valence-electron chi connectivity index (χ4n) is 1.08. The van der Waals surface area contributed by atoms with E-state index < -0.39 is 0 Å². The number of fused-ring (bicyclic) bond motifs is 1. The summed E-state index contributed by atoms with van der Waals surface area (Å²) in [6.07, 6.45) is 0. The maximum absolute atomic E-state index is 7.37. The van der Waals surface area contributed by atoms with Gasteiger partial charge in [0.25, 0.3) is 0 Å². The monoisotopic (exact) mass is 129 g/mol. The van der Waals surface area contributed by atoms with Crippen molar-refractivity contribution in [1.29, 1.82) is 0 Å². The van der Waals surface area contributed by atoms with E-state index in [1.165, 1.54) is 11.1 Å². The van der Waals surface area contributed by atoms with E-state index in [1.807, 2.05) is 30.3 Å². The molecule has 0 aromatic carbocycles. The molecule has 0 amide bonds. The third-order valence-corrected chi connectivity index (χ3v) is 1.60. The van der Waals surface area contributed by atoms with Gasteiger partial charge < -0.3 is 0 Å². The molecule has 2 rings (SSSR count). The minimum absolute atomic E-state index is 0.557. The van der Waals surface area contributed by atoms with E-state index in [9.17, 15) is 0 Å². The lowest BCUT2D eigenvalue weighted by molar-refractivity contribution is 1.84. The third kappa shape index (κ3) is 0.781. The molecule has 0 atom stereocenters. The van der Waals surface area contributed by atoms with E-state index in [-0.39, 0.29) is 0 Å². The SMILES string of the molecule is [2H]c1ccc2cccc-2cc1. The second-order valence-electron chi connectivity index (χ2n) is 2.27. The van der Waals surface area contributed by atoms with Gasteiger partial charge in [-0.25, -0.2) is 0 Å². The average Bonchev–Trinajstić information content (AvgIpc) is 2.38. The Bertz CT molecular complexity index is 310. The van der Waals surface area contributed by atoms with E-state index in [0.29, 0.717) is 6.04 Å². The molecule has 0 radical (unpaired) electrons. The van der Waals surface area contributed by atoms with Crippen LogP contribution in [0.4, 0.5) is 0 Å². The van der Waals surface area contributed by atoms with Crippen LogP contribution in [0.1, 0.15) is 1.37 Å². The highest BCUT2D eigenvalue weighted by Gasteiger charge is 1.94. The number of hydrogen-bond acceptors (Lipinski definition) is 0. The highest BCUT2D eigenvalue weighted by molar-refractivity contribution is 5.65. The summed E-state index contributed by atoms with van der Waals surface area (Å²) >= 11 is 0. The molecule has 48 valence electrons. The lowest BCUT2D eigenvalue weighted by atomic mass is 10.2. The van der Waals surface area contributed by atoms with Crippen LogP contribution >= 0.6 is 0 Å². The molecule has 0 aliphatic heterocycles. The van der Waals surface area contributed by atoms with Crippen LogP contribution < -0.4 is 0 Å². The Labute approximate surface area is 61.9 Å². The zero-order chi connectivity index (χ0) is 7.68. The van der Waals surface area contributed by atoms with Crippen molar-refractivity contribution in [2.24, 2.45) is 0 Å². The lowest BCUT2D eigenvalue weighted by Gasteiger charge is -1.85. The number of hydrogen-bond donors (Lipinski definition) is 0. The summed E-state index contributed by atoms with van der Waals surface area (Å²) in [5, 5.41) is 0. The molecule has 0 aromatic rings. The summed E-state index contributed by atoms with van der Waals surface area (Å²) in [4.78, 5) is 0. The first kappa shape index (κ1) is 4.51. The van der Waals surface area contributed by atoms with Gasteiger partial charge >= 0.3 is 0 Å². The highest BCUT2D eigenvalue weighted by Crippen LogP contribution is 2.19. The minimum Gasteiger partial charge on any atom is -0.0622 e. The summed E-state index contributed by atoms with van der Waals surface area (Å²) in [6, 6.07) is 14.2. The van der Waals surface area contributed by atoms with Crippen molar-refractivity contribution < 1.29 is 1.37 Å². The van der Waals surface area contributed by atoms with E-state index in [4.69, 9.17) is 1.37 Å². The van der Waals surface area contributed by atoms with E-state index >= 15 is 0 Å². The van der Waals surface area contributed by atoms with Crippen molar-refractivity contribution >= 4 is 0 Å². The second kappa shape index (κ2) is 2.14. The first-order valence-electron chi connectivity index (χ1n) is 3.82. The molecule has 0 fully saturated rings. The molecule has 0 saturated heterocycles. The van der Waals surface area contributed by atoms with Crippen LogP contribution in [0.15, 0.2) is 48.5 Å². The largest absolute Gasteiger partial charge is 0.0623 e. The van der Waals surface area contributed by atoms with Gasteiger partial charge in [0, 0.05) is 0 Å². The van der Waals surface area contributed by atoms with E-state index in [0.717, 1.165) is 0 Å². The Morgan fingerprint density at radius 2 is 1.30 bits per heavy atom. The van der Waals surface area contributed by atoms with Crippen LogP contribution in [0.25, 0.3) is 11.1 Å². The molecular weight excluding hydrogens is 120 g/mol. The molecule has 0 N–H and O–H groups in total. The maximum Gasteiger partial charge on any atom is 0.0623 e. The Morgan fingerprint density at radius 3 is 1.90 bits per heavy atom. The first-order valence-corrected chi connectivity index (χ1v) is 3.32. The molecule has 10 heavy (non-hydrogen) atoms. The summed E-state index contributed by atoms with van der Waals surface area (Å²) < 4.78 is 7.37. The summed E-state index contributed by atoms with van der Waals surface area (Å²) in [5.41, 5.74) is 2.40. The molecule has 0 heterocycles. The molecule has 2 aliphatic rings. The normalized spacial score (nSPS) is 11.4. The molecule has 0 heteroatoms. The van der Waals surface area contributed by atoms with Gasteiger partial charge in [-0.05, 0) is 11.1 Å². The number of rotatable bonds is 0. The van der Waals surface area contributed by atoms with E-state index in [2.05, 4.69) is 12.1 Å². The zero-order valence-electron chi connectivity index (χ0n) is 6.54. The summed E-state index contributed by atoms with van der Waals surface area (Å²) in [6.45, 7) is 0. The van der Waals surface area contributed by atoms with Crippen molar-refractivity contribution in [1.82, 2.24) is 0 Å². The van der Waals surface area contributed by atoms with Crippen LogP contribution in [0.5, 0.6) is 0 Å². The van der Waals surface area contributed by atoms with Gasteiger partial charge in [-0.1, -0.05) is 48.5 Å². The fraction of sp³-hybridized carbons (Fsp3) is 0.